The Kier molecular flexibility index (Phi) is 3.63. The Hall–Kier alpha value is -0.440. The van der Waals surface area contributed by atoms with Crippen molar-refractivity contribution in [1.82, 2.24) is 0 Å². The van der Waals surface area contributed by atoms with E-state index in [2.05, 4.69) is 15.9 Å². The van der Waals surface area contributed by atoms with Crippen LogP contribution in [0.25, 0.3) is 0 Å². The minimum absolute atomic E-state index is 0.374. The van der Waals surface area contributed by atoms with Crippen LogP contribution >= 0.6 is 15.9 Å². The fraction of sp³-hybridized carbons (Fsp3) is 0.538. The summed E-state index contributed by atoms with van der Waals surface area (Å²) in [6, 6.07) is 3.34. The van der Waals surface area contributed by atoms with E-state index in [4.69, 9.17) is 0 Å². The maximum atomic E-state index is 13.5. The van der Waals surface area contributed by atoms with Gasteiger partial charge in [-0.25, -0.2) is 8.78 Å². The zero-order valence-electron chi connectivity index (χ0n) is 9.27. The predicted octanol–water partition coefficient (Wildman–Crippen LogP) is 4.38. The number of halogens is 3. The molecule has 1 saturated carbocycles. The van der Waals surface area contributed by atoms with Crippen LogP contribution in [0.2, 0.25) is 0 Å². The third kappa shape index (κ3) is 2.62. The summed E-state index contributed by atoms with van der Waals surface area (Å²) in [6.45, 7) is 1.58. The maximum Gasteiger partial charge on any atom is 0.162 e. The molecular weight excluding hydrogens is 274 g/mol. The van der Waals surface area contributed by atoms with Gasteiger partial charge in [0.25, 0.3) is 0 Å². The molecule has 1 atom stereocenters. The van der Waals surface area contributed by atoms with Gasteiger partial charge in [-0.2, -0.15) is 0 Å². The topological polar surface area (TPSA) is 0 Å². The summed E-state index contributed by atoms with van der Waals surface area (Å²) in [5.41, 5.74) is 0.868. The highest BCUT2D eigenvalue weighted by Gasteiger charge is 2.29. The second kappa shape index (κ2) is 4.82. The maximum absolute atomic E-state index is 13.5. The lowest BCUT2D eigenvalue weighted by Gasteiger charge is -2.09. The van der Waals surface area contributed by atoms with Crippen LogP contribution in [-0.2, 0) is 6.42 Å². The Morgan fingerprint density at radius 1 is 1.31 bits per heavy atom. The molecule has 0 N–H and O–H groups in total. The highest BCUT2D eigenvalue weighted by Crippen LogP contribution is 2.38. The van der Waals surface area contributed by atoms with Crippen molar-refractivity contribution in [2.75, 3.05) is 0 Å². The van der Waals surface area contributed by atoms with E-state index in [-0.39, 0.29) is 0 Å². The average Bonchev–Trinajstić information content (AvgIpc) is 3.08. The van der Waals surface area contributed by atoms with Crippen molar-refractivity contribution in [2.45, 2.75) is 37.4 Å². The highest BCUT2D eigenvalue weighted by molar-refractivity contribution is 9.09. The molecule has 0 heterocycles. The smallest absolute Gasteiger partial charge is 0.162 e. The molecular formula is C13H15BrF2. The van der Waals surface area contributed by atoms with Gasteiger partial charge in [-0.1, -0.05) is 28.1 Å². The molecule has 1 aromatic rings. The molecule has 0 spiro atoms. The standard InChI is InChI=1S/C13H15BrF2/c1-8-2-3-10(13(16)12(8)15)6-7-11(14)9-4-5-9/h2-3,9,11H,4-7H2,1H3. The Morgan fingerprint density at radius 3 is 2.62 bits per heavy atom. The van der Waals surface area contributed by atoms with Gasteiger partial charge in [-0.05, 0) is 49.7 Å². The van der Waals surface area contributed by atoms with Crippen LogP contribution in [0.4, 0.5) is 8.78 Å². The molecule has 0 radical (unpaired) electrons. The number of hydrogen-bond acceptors (Lipinski definition) is 0. The second-order valence-electron chi connectivity index (χ2n) is 4.56. The summed E-state index contributed by atoms with van der Waals surface area (Å²) in [4.78, 5) is 0.455. The summed E-state index contributed by atoms with van der Waals surface area (Å²) in [7, 11) is 0. The van der Waals surface area contributed by atoms with Gasteiger partial charge in [0.15, 0.2) is 11.6 Å². The van der Waals surface area contributed by atoms with Crippen molar-refractivity contribution in [1.29, 1.82) is 0 Å². The quantitative estimate of drug-likeness (QED) is 0.722. The monoisotopic (exact) mass is 288 g/mol. The van der Waals surface area contributed by atoms with Gasteiger partial charge in [0.2, 0.25) is 0 Å². The number of rotatable bonds is 4. The van der Waals surface area contributed by atoms with E-state index < -0.39 is 11.6 Å². The number of hydrogen-bond donors (Lipinski definition) is 0. The molecule has 1 aliphatic carbocycles. The van der Waals surface area contributed by atoms with Gasteiger partial charge in [0, 0.05) is 4.83 Å². The van der Waals surface area contributed by atoms with E-state index in [1.807, 2.05) is 0 Å². The van der Waals surface area contributed by atoms with Crippen LogP contribution < -0.4 is 0 Å². The van der Waals surface area contributed by atoms with Crippen molar-refractivity contribution < 1.29 is 8.78 Å². The largest absolute Gasteiger partial charge is 0.203 e. The van der Waals surface area contributed by atoms with Crippen LogP contribution in [-0.4, -0.2) is 4.83 Å². The van der Waals surface area contributed by atoms with Crippen LogP contribution in [0.1, 0.15) is 30.4 Å². The van der Waals surface area contributed by atoms with E-state index >= 15 is 0 Å². The predicted molar refractivity (Wildman–Crippen MR) is 64.9 cm³/mol. The minimum Gasteiger partial charge on any atom is -0.203 e. The molecule has 1 unspecified atom stereocenters. The van der Waals surface area contributed by atoms with Crippen LogP contribution in [0.3, 0.4) is 0 Å². The SMILES string of the molecule is Cc1ccc(CCC(Br)C2CC2)c(F)c1F. The molecule has 2 rings (SSSR count). The molecule has 0 amide bonds. The van der Waals surface area contributed by atoms with E-state index in [0.29, 0.717) is 22.4 Å². The van der Waals surface area contributed by atoms with E-state index in [1.165, 1.54) is 12.8 Å². The van der Waals surface area contributed by atoms with Gasteiger partial charge < -0.3 is 0 Å². The Balaban J connectivity index is 2.01. The summed E-state index contributed by atoms with van der Waals surface area (Å²) in [6.07, 6.45) is 4.01. The zero-order chi connectivity index (χ0) is 11.7. The van der Waals surface area contributed by atoms with Gasteiger partial charge in [0.05, 0.1) is 0 Å². The first-order valence-electron chi connectivity index (χ1n) is 5.67. The summed E-state index contributed by atoms with van der Waals surface area (Å²) in [5, 5.41) is 0. The van der Waals surface area contributed by atoms with Gasteiger partial charge in [0.1, 0.15) is 0 Å². The van der Waals surface area contributed by atoms with Gasteiger partial charge in [-0.15, -0.1) is 0 Å². The number of aryl methyl sites for hydroxylation is 2. The molecule has 3 heteroatoms. The molecule has 0 saturated heterocycles. The second-order valence-corrected chi connectivity index (χ2v) is 5.74. The lowest BCUT2D eigenvalue weighted by molar-refractivity contribution is 0.491. The first-order chi connectivity index (χ1) is 7.59. The molecule has 1 aromatic carbocycles. The third-order valence-electron chi connectivity index (χ3n) is 3.18. The van der Waals surface area contributed by atoms with Crippen molar-refractivity contribution in [3.63, 3.8) is 0 Å². The lowest BCUT2D eigenvalue weighted by atomic mass is 10.0. The Bertz CT molecular complexity index is 386. The molecule has 0 bridgehead atoms. The first kappa shape index (κ1) is 12.0. The van der Waals surface area contributed by atoms with E-state index in [0.717, 1.165) is 12.3 Å². The summed E-state index contributed by atoms with van der Waals surface area (Å²) >= 11 is 3.60. The first-order valence-corrected chi connectivity index (χ1v) is 6.58. The van der Waals surface area contributed by atoms with Crippen molar-refractivity contribution in [3.05, 3.63) is 34.9 Å². The molecule has 1 fully saturated rings. The normalized spacial score (nSPS) is 17.5. The average molecular weight is 289 g/mol. The van der Waals surface area contributed by atoms with Crippen LogP contribution in [0, 0.1) is 24.5 Å². The molecule has 0 nitrogen and oxygen atoms in total. The van der Waals surface area contributed by atoms with Crippen LogP contribution in [0.15, 0.2) is 12.1 Å². The number of benzene rings is 1. The van der Waals surface area contributed by atoms with Crippen molar-refractivity contribution >= 4 is 15.9 Å². The van der Waals surface area contributed by atoms with Crippen molar-refractivity contribution in [3.8, 4) is 0 Å². The minimum atomic E-state index is -0.699. The molecule has 88 valence electrons. The Labute approximate surface area is 103 Å². The van der Waals surface area contributed by atoms with Crippen molar-refractivity contribution in [2.24, 2.45) is 5.92 Å². The zero-order valence-corrected chi connectivity index (χ0v) is 10.9. The van der Waals surface area contributed by atoms with Gasteiger partial charge in [-0.3, -0.25) is 0 Å². The summed E-state index contributed by atoms with van der Waals surface area (Å²) < 4.78 is 26.8. The van der Waals surface area contributed by atoms with E-state index in [9.17, 15) is 8.78 Å². The molecule has 16 heavy (non-hydrogen) atoms. The Morgan fingerprint density at radius 2 is 2.00 bits per heavy atom. The molecule has 0 aliphatic heterocycles. The van der Waals surface area contributed by atoms with Gasteiger partial charge >= 0.3 is 0 Å². The third-order valence-corrected chi connectivity index (χ3v) is 4.38. The highest BCUT2D eigenvalue weighted by atomic mass is 79.9. The number of alkyl halides is 1. The fourth-order valence-electron chi connectivity index (χ4n) is 1.87. The fourth-order valence-corrected chi connectivity index (χ4v) is 2.62. The summed E-state index contributed by atoms with van der Waals surface area (Å²) in [5.74, 6) is -0.621. The lowest BCUT2D eigenvalue weighted by Crippen LogP contribution is -2.04. The van der Waals surface area contributed by atoms with E-state index in [1.54, 1.807) is 19.1 Å². The molecule has 0 aromatic heterocycles. The van der Waals surface area contributed by atoms with Crippen LogP contribution in [0.5, 0.6) is 0 Å². The molecule has 1 aliphatic rings.